The van der Waals surface area contributed by atoms with Crippen LogP contribution >= 0.6 is 11.3 Å². The van der Waals surface area contributed by atoms with Crippen LogP contribution in [0.5, 0.6) is 0 Å². The molecule has 0 amide bonds. The molecule has 0 aliphatic heterocycles. The number of rotatable bonds is 3. The lowest BCUT2D eigenvalue weighted by molar-refractivity contribution is 1.09. The van der Waals surface area contributed by atoms with Crippen LogP contribution < -0.4 is 5.32 Å². The number of benzene rings is 1. The van der Waals surface area contributed by atoms with Crippen molar-refractivity contribution in [1.82, 2.24) is 20.2 Å². The minimum atomic E-state index is 0.740. The van der Waals surface area contributed by atoms with Crippen LogP contribution in [0.4, 0.5) is 11.6 Å². The van der Waals surface area contributed by atoms with Gasteiger partial charge in [-0.25, -0.2) is 9.97 Å². The number of thiophene rings is 1. The van der Waals surface area contributed by atoms with E-state index in [0.717, 1.165) is 33.1 Å². The van der Waals surface area contributed by atoms with Crippen molar-refractivity contribution in [2.75, 3.05) is 5.32 Å². The summed E-state index contributed by atoms with van der Waals surface area (Å²) in [6.07, 6.45) is 1.56. The Labute approximate surface area is 131 Å². The monoisotopic (exact) mass is 307 g/mol. The number of hydrogen-bond acceptors (Lipinski definition) is 5. The summed E-state index contributed by atoms with van der Waals surface area (Å²) >= 11 is 1.61. The maximum atomic E-state index is 4.31. The van der Waals surface area contributed by atoms with E-state index in [9.17, 15) is 0 Å². The molecule has 3 aromatic heterocycles. The lowest BCUT2D eigenvalue weighted by Crippen LogP contribution is -1.94. The summed E-state index contributed by atoms with van der Waals surface area (Å²) in [5.41, 5.74) is 4.26. The fourth-order valence-corrected chi connectivity index (χ4v) is 3.06. The van der Waals surface area contributed by atoms with Crippen LogP contribution in [0.25, 0.3) is 21.5 Å². The second-order valence-electron chi connectivity index (χ2n) is 5.02. The smallest absolute Gasteiger partial charge is 0.153 e. The average Bonchev–Trinajstić information content (AvgIpc) is 3.17. The van der Waals surface area contributed by atoms with Crippen LogP contribution in [0.15, 0.2) is 48.1 Å². The molecule has 0 aliphatic rings. The molecule has 0 unspecified atom stereocenters. The Bertz CT molecular complexity index is 923. The number of nitrogens with one attached hydrogen (secondary N) is 2. The van der Waals surface area contributed by atoms with E-state index in [-0.39, 0.29) is 0 Å². The maximum Gasteiger partial charge on any atom is 0.153 e. The van der Waals surface area contributed by atoms with E-state index >= 15 is 0 Å². The Hall–Kier alpha value is -2.73. The van der Waals surface area contributed by atoms with Crippen LogP contribution in [-0.4, -0.2) is 20.2 Å². The SMILES string of the molecule is Cc1ccc(-c2cc(Nc3ncnc4ccsc34)n[nH]2)cc1. The molecule has 1 aromatic carbocycles. The van der Waals surface area contributed by atoms with Crippen molar-refractivity contribution >= 4 is 33.2 Å². The number of aromatic amines is 1. The van der Waals surface area contributed by atoms with Crippen molar-refractivity contribution in [3.8, 4) is 11.3 Å². The van der Waals surface area contributed by atoms with E-state index in [1.165, 1.54) is 5.56 Å². The first-order valence-corrected chi connectivity index (χ1v) is 7.75. The fourth-order valence-electron chi connectivity index (χ4n) is 2.27. The van der Waals surface area contributed by atoms with Gasteiger partial charge in [-0.2, -0.15) is 5.10 Å². The molecule has 22 heavy (non-hydrogen) atoms. The summed E-state index contributed by atoms with van der Waals surface area (Å²) in [5.74, 6) is 1.52. The Morgan fingerprint density at radius 1 is 1.09 bits per heavy atom. The predicted octanol–water partition coefficient (Wildman–Crippen LogP) is 4.13. The van der Waals surface area contributed by atoms with Crippen molar-refractivity contribution in [1.29, 1.82) is 0 Å². The first kappa shape index (κ1) is 13.0. The third-order valence-corrected chi connectivity index (χ3v) is 4.34. The highest BCUT2D eigenvalue weighted by atomic mass is 32.1. The molecule has 0 atom stereocenters. The van der Waals surface area contributed by atoms with E-state index in [4.69, 9.17) is 0 Å². The fraction of sp³-hybridized carbons (Fsp3) is 0.0625. The second-order valence-corrected chi connectivity index (χ2v) is 5.93. The third kappa shape index (κ3) is 2.33. The Morgan fingerprint density at radius 3 is 2.82 bits per heavy atom. The molecule has 0 radical (unpaired) electrons. The van der Waals surface area contributed by atoms with Gasteiger partial charge in [0.1, 0.15) is 6.33 Å². The van der Waals surface area contributed by atoms with Gasteiger partial charge in [-0.3, -0.25) is 5.10 Å². The molecule has 0 aliphatic carbocycles. The number of anilines is 2. The molecule has 4 aromatic rings. The largest absolute Gasteiger partial charge is 0.322 e. The van der Waals surface area contributed by atoms with Gasteiger partial charge in [-0.15, -0.1) is 11.3 Å². The zero-order valence-corrected chi connectivity index (χ0v) is 12.7. The molecule has 108 valence electrons. The van der Waals surface area contributed by atoms with E-state index in [2.05, 4.69) is 56.7 Å². The lowest BCUT2D eigenvalue weighted by Gasteiger charge is -2.01. The summed E-state index contributed by atoms with van der Waals surface area (Å²) in [7, 11) is 0. The number of H-pyrrole nitrogens is 1. The third-order valence-electron chi connectivity index (χ3n) is 3.43. The van der Waals surface area contributed by atoms with Crippen LogP contribution in [-0.2, 0) is 0 Å². The molecule has 6 heteroatoms. The molecule has 0 bridgehead atoms. The summed E-state index contributed by atoms with van der Waals surface area (Å²) < 4.78 is 1.03. The van der Waals surface area contributed by atoms with Crippen molar-refractivity contribution in [2.24, 2.45) is 0 Å². The predicted molar refractivity (Wildman–Crippen MR) is 89.5 cm³/mol. The van der Waals surface area contributed by atoms with Crippen LogP contribution in [0, 0.1) is 6.92 Å². The van der Waals surface area contributed by atoms with Crippen LogP contribution in [0.3, 0.4) is 0 Å². The van der Waals surface area contributed by atoms with Gasteiger partial charge >= 0.3 is 0 Å². The number of fused-ring (bicyclic) bond motifs is 1. The standard InChI is InChI=1S/C16H13N5S/c1-10-2-4-11(5-3-10)13-8-14(21-20-13)19-16-15-12(6-7-22-15)17-9-18-16/h2-9H,1H3,(H2,17,18,19,20,21). The van der Waals surface area contributed by atoms with E-state index < -0.39 is 0 Å². The number of aryl methyl sites for hydroxylation is 1. The molecule has 0 saturated carbocycles. The second kappa shape index (κ2) is 5.23. The van der Waals surface area contributed by atoms with E-state index in [0.29, 0.717) is 0 Å². The van der Waals surface area contributed by atoms with Crippen molar-refractivity contribution in [3.63, 3.8) is 0 Å². The topological polar surface area (TPSA) is 66.5 Å². The molecular weight excluding hydrogens is 294 g/mol. The summed E-state index contributed by atoms with van der Waals surface area (Å²) in [6, 6.07) is 12.3. The number of hydrogen-bond donors (Lipinski definition) is 2. The van der Waals surface area contributed by atoms with Gasteiger partial charge in [0.25, 0.3) is 0 Å². The molecule has 4 rings (SSSR count). The summed E-state index contributed by atoms with van der Waals surface area (Å²) in [6.45, 7) is 2.07. The molecular formula is C16H13N5S. The quantitative estimate of drug-likeness (QED) is 0.597. The van der Waals surface area contributed by atoms with Gasteiger partial charge in [-0.1, -0.05) is 29.8 Å². The van der Waals surface area contributed by atoms with Crippen LogP contribution in [0.1, 0.15) is 5.56 Å². The number of nitrogens with zero attached hydrogens (tertiary/aromatic N) is 3. The molecule has 5 nitrogen and oxygen atoms in total. The van der Waals surface area contributed by atoms with E-state index in [1.54, 1.807) is 17.7 Å². The van der Waals surface area contributed by atoms with Crippen molar-refractivity contribution < 1.29 is 0 Å². The van der Waals surface area contributed by atoms with Gasteiger partial charge in [0.05, 0.1) is 15.9 Å². The van der Waals surface area contributed by atoms with Gasteiger partial charge < -0.3 is 5.32 Å². The Balaban J connectivity index is 1.64. The molecule has 0 spiro atoms. The number of aromatic nitrogens is 4. The van der Waals surface area contributed by atoms with Crippen molar-refractivity contribution in [2.45, 2.75) is 6.92 Å². The molecule has 3 heterocycles. The van der Waals surface area contributed by atoms with Crippen molar-refractivity contribution in [3.05, 3.63) is 53.7 Å². The van der Waals surface area contributed by atoms with Gasteiger partial charge in [-0.05, 0) is 23.9 Å². The maximum absolute atomic E-state index is 4.31. The van der Waals surface area contributed by atoms with E-state index in [1.807, 2.05) is 17.5 Å². The zero-order valence-electron chi connectivity index (χ0n) is 11.9. The highest BCUT2D eigenvalue weighted by Crippen LogP contribution is 2.28. The van der Waals surface area contributed by atoms with Gasteiger partial charge in [0.2, 0.25) is 0 Å². The van der Waals surface area contributed by atoms with Gasteiger partial charge in [0, 0.05) is 6.07 Å². The molecule has 0 fully saturated rings. The molecule has 0 saturated heterocycles. The minimum absolute atomic E-state index is 0.740. The molecule has 2 N–H and O–H groups in total. The first-order chi connectivity index (χ1) is 10.8. The normalized spacial score (nSPS) is 11.0. The minimum Gasteiger partial charge on any atom is -0.322 e. The first-order valence-electron chi connectivity index (χ1n) is 6.87. The highest BCUT2D eigenvalue weighted by molar-refractivity contribution is 7.17. The highest BCUT2D eigenvalue weighted by Gasteiger charge is 2.08. The summed E-state index contributed by atoms with van der Waals surface area (Å²) in [4.78, 5) is 8.54. The summed E-state index contributed by atoms with van der Waals surface area (Å²) in [5, 5.41) is 12.6. The Morgan fingerprint density at radius 2 is 1.95 bits per heavy atom. The average molecular weight is 307 g/mol. The Kier molecular flexibility index (Phi) is 3.08. The lowest BCUT2D eigenvalue weighted by atomic mass is 10.1. The van der Waals surface area contributed by atoms with Gasteiger partial charge in [0.15, 0.2) is 11.6 Å². The zero-order chi connectivity index (χ0) is 14.9. The van der Waals surface area contributed by atoms with Crippen LogP contribution in [0.2, 0.25) is 0 Å².